The summed E-state index contributed by atoms with van der Waals surface area (Å²) in [5, 5.41) is 19.0. The SMILES string of the molecule is CC(C)N(CCC#N)Cc1ccc([N+](=O)[O-])o1. The van der Waals surface area contributed by atoms with Gasteiger partial charge >= 0.3 is 5.88 Å². The fourth-order valence-electron chi connectivity index (χ4n) is 1.46. The van der Waals surface area contributed by atoms with Crippen LogP contribution in [0.4, 0.5) is 5.88 Å². The first kappa shape index (κ1) is 13.2. The van der Waals surface area contributed by atoms with Crippen molar-refractivity contribution < 1.29 is 9.34 Å². The number of nitro groups is 1. The molecule has 0 radical (unpaired) electrons. The van der Waals surface area contributed by atoms with Crippen molar-refractivity contribution in [2.45, 2.75) is 32.9 Å². The van der Waals surface area contributed by atoms with E-state index in [0.29, 0.717) is 25.3 Å². The van der Waals surface area contributed by atoms with E-state index >= 15 is 0 Å². The van der Waals surface area contributed by atoms with Crippen LogP contribution >= 0.6 is 0 Å². The zero-order chi connectivity index (χ0) is 12.8. The first-order valence-electron chi connectivity index (χ1n) is 5.38. The summed E-state index contributed by atoms with van der Waals surface area (Å²) < 4.78 is 5.08. The van der Waals surface area contributed by atoms with E-state index < -0.39 is 4.92 Å². The van der Waals surface area contributed by atoms with Crippen molar-refractivity contribution in [2.24, 2.45) is 0 Å². The van der Waals surface area contributed by atoms with Gasteiger partial charge in [-0.25, -0.2) is 0 Å². The standard InChI is InChI=1S/C11H15N3O3/c1-9(2)13(7-3-6-12)8-10-4-5-11(17-10)14(15)16/h4-5,9H,3,7-8H2,1-2H3. The average Bonchev–Trinajstić information content (AvgIpc) is 2.72. The highest BCUT2D eigenvalue weighted by molar-refractivity contribution is 5.17. The highest BCUT2D eigenvalue weighted by Gasteiger charge is 2.16. The van der Waals surface area contributed by atoms with Gasteiger partial charge < -0.3 is 4.42 Å². The molecule has 0 N–H and O–H groups in total. The van der Waals surface area contributed by atoms with Gasteiger partial charge in [0.25, 0.3) is 0 Å². The van der Waals surface area contributed by atoms with E-state index in [1.54, 1.807) is 6.07 Å². The summed E-state index contributed by atoms with van der Waals surface area (Å²) >= 11 is 0. The van der Waals surface area contributed by atoms with Crippen LogP contribution < -0.4 is 0 Å². The molecule has 6 nitrogen and oxygen atoms in total. The Hall–Kier alpha value is -1.87. The zero-order valence-electron chi connectivity index (χ0n) is 9.92. The molecule has 0 unspecified atom stereocenters. The van der Waals surface area contributed by atoms with Crippen molar-refractivity contribution in [2.75, 3.05) is 6.54 Å². The van der Waals surface area contributed by atoms with Gasteiger partial charge in [-0.2, -0.15) is 5.26 Å². The van der Waals surface area contributed by atoms with Gasteiger partial charge in [-0.15, -0.1) is 0 Å². The maximum absolute atomic E-state index is 10.5. The number of furan rings is 1. The smallest absolute Gasteiger partial charge is 0.404 e. The van der Waals surface area contributed by atoms with Crippen molar-refractivity contribution in [3.05, 3.63) is 28.0 Å². The molecule has 1 aromatic heterocycles. The Morgan fingerprint density at radius 2 is 2.29 bits per heavy atom. The first-order chi connectivity index (χ1) is 8.04. The minimum Gasteiger partial charge on any atom is -0.404 e. The summed E-state index contributed by atoms with van der Waals surface area (Å²) in [6.45, 7) is 5.12. The molecular weight excluding hydrogens is 222 g/mol. The van der Waals surface area contributed by atoms with E-state index in [1.807, 2.05) is 18.7 Å². The molecule has 92 valence electrons. The third kappa shape index (κ3) is 3.89. The Morgan fingerprint density at radius 1 is 1.59 bits per heavy atom. The summed E-state index contributed by atoms with van der Waals surface area (Å²) in [6, 6.07) is 5.28. The Balaban J connectivity index is 2.65. The quantitative estimate of drug-likeness (QED) is 0.560. The van der Waals surface area contributed by atoms with Crippen LogP contribution in [0.3, 0.4) is 0 Å². The minimum atomic E-state index is -0.557. The molecule has 0 aliphatic carbocycles. The second-order valence-electron chi connectivity index (χ2n) is 3.97. The van der Waals surface area contributed by atoms with Gasteiger partial charge in [-0.1, -0.05) is 0 Å². The molecule has 0 bridgehead atoms. The topological polar surface area (TPSA) is 83.3 Å². The Bertz CT molecular complexity index is 420. The molecule has 1 rings (SSSR count). The average molecular weight is 237 g/mol. The van der Waals surface area contributed by atoms with E-state index in [0.717, 1.165) is 0 Å². The summed E-state index contributed by atoms with van der Waals surface area (Å²) in [4.78, 5) is 11.9. The molecule has 17 heavy (non-hydrogen) atoms. The highest BCUT2D eigenvalue weighted by Crippen LogP contribution is 2.18. The van der Waals surface area contributed by atoms with Gasteiger partial charge in [0.05, 0.1) is 18.7 Å². The second-order valence-corrected chi connectivity index (χ2v) is 3.97. The maximum atomic E-state index is 10.5. The van der Waals surface area contributed by atoms with Crippen LogP contribution in [-0.4, -0.2) is 22.4 Å². The summed E-state index contributed by atoms with van der Waals surface area (Å²) in [5.41, 5.74) is 0. The van der Waals surface area contributed by atoms with Gasteiger partial charge in [0.2, 0.25) is 0 Å². The molecule has 1 heterocycles. The first-order valence-corrected chi connectivity index (χ1v) is 5.38. The van der Waals surface area contributed by atoms with E-state index in [2.05, 4.69) is 6.07 Å². The summed E-state index contributed by atoms with van der Waals surface area (Å²) in [7, 11) is 0. The normalized spacial score (nSPS) is 10.8. The van der Waals surface area contributed by atoms with Crippen molar-refractivity contribution in [3.63, 3.8) is 0 Å². The van der Waals surface area contributed by atoms with Crippen molar-refractivity contribution >= 4 is 5.88 Å². The molecule has 1 aromatic rings. The molecular formula is C11H15N3O3. The van der Waals surface area contributed by atoms with Crippen molar-refractivity contribution in [1.29, 1.82) is 5.26 Å². The lowest BCUT2D eigenvalue weighted by Crippen LogP contribution is -2.30. The minimum absolute atomic E-state index is 0.246. The second kappa shape index (κ2) is 6.01. The number of hydrogen-bond acceptors (Lipinski definition) is 5. The van der Waals surface area contributed by atoms with Gasteiger partial charge in [-0.3, -0.25) is 15.0 Å². The van der Waals surface area contributed by atoms with E-state index in [1.165, 1.54) is 6.07 Å². The van der Waals surface area contributed by atoms with Gasteiger partial charge in [0, 0.05) is 19.0 Å². The zero-order valence-corrected chi connectivity index (χ0v) is 9.92. The van der Waals surface area contributed by atoms with Crippen LogP contribution in [0.2, 0.25) is 0 Å². The number of nitrogens with zero attached hydrogens (tertiary/aromatic N) is 3. The Kier molecular flexibility index (Phi) is 4.67. The van der Waals surface area contributed by atoms with E-state index in [-0.39, 0.29) is 11.9 Å². The van der Waals surface area contributed by atoms with E-state index in [9.17, 15) is 10.1 Å². The van der Waals surface area contributed by atoms with Crippen LogP contribution in [0.15, 0.2) is 16.5 Å². The Morgan fingerprint density at radius 3 is 2.76 bits per heavy atom. The fourth-order valence-corrected chi connectivity index (χ4v) is 1.46. The molecule has 0 fully saturated rings. The van der Waals surface area contributed by atoms with Crippen molar-refractivity contribution in [1.82, 2.24) is 4.90 Å². The van der Waals surface area contributed by atoms with E-state index in [4.69, 9.17) is 9.68 Å². The number of rotatable bonds is 6. The molecule has 0 spiro atoms. The maximum Gasteiger partial charge on any atom is 0.433 e. The predicted octanol–water partition coefficient (Wildman–Crippen LogP) is 2.31. The van der Waals surface area contributed by atoms with Crippen LogP contribution in [0.1, 0.15) is 26.0 Å². The molecule has 0 aliphatic heterocycles. The molecule has 0 aromatic carbocycles. The molecule has 0 saturated heterocycles. The van der Waals surface area contributed by atoms with Crippen molar-refractivity contribution in [3.8, 4) is 6.07 Å². The number of hydrogen-bond donors (Lipinski definition) is 0. The lowest BCUT2D eigenvalue weighted by atomic mass is 10.2. The summed E-state index contributed by atoms with van der Waals surface area (Å²) in [6.07, 6.45) is 0.432. The molecule has 0 saturated carbocycles. The lowest BCUT2D eigenvalue weighted by molar-refractivity contribution is -0.402. The molecule has 0 atom stereocenters. The van der Waals surface area contributed by atoms with Crippen LogP contribution in [0.5, 0.6) is 0 Å². The third-order valence-corrected chi connectivity index (χ3v) is 2.43. The van der Waals surface area contributed by atoms with Gasteiger partial charge in [0.1, 0.15) is 10.7 Å². The lowest BCUT2D eigenvalue weighted by Gasteiger charge is -2.23. The Labute approximate surface area is 99.6 Å². The monoisotopic (exact) mass is 237 g/mol. The third-order valence-electron chi connectivity index (χ3n) is 2.43. The summed E-state index contributed by atoms with van der Waals surface area (Å²) in [5.74, 6) is 0.298. The van der Waals surface area contributed by atoms with Crippen LogP contribution in [-0.2, 0) is 6.54 Å². The van der Waals surface area contributed by atoms with Gasteiger partial charge in [-0.05, 0) is 19.9 Å². The predicted molar refractivity (Wildman–Crippen MR) is 61.1 cm³/mol. The number of nitriles is 1. The van der Waals surface area contributed by atoms with Crippen LogP contribution in [0.25, 0.3) is 0 Å². The fraction of sp³-hybridized carbons (Fsp3) is 0.545. The van der Waals surface area contributed by atoms with Gasteiger partial charge in [0.15, 0.2) is 0 Å². The highest BCUT2D eigenvalue weighted by atomic mass is 16.6. The largest absolute Gasteiger partial charge is 0.433 e. The molecule has 0 amide bonds. The molecule has 0 aliphatic rings. The van der Waals surface area contributed by atoms with Crippen LogP contribution in [0, 0.1) is 21.4 Å². The molecule has 6 heteroatoms.